The molecule has 0 saturated heterocycles. The second-order valence-corrected chi connectivity index (χ2v) is 30.0. The van der Waals surface area contributed by atoms with Gasteiger partial charge in [-0.25, -0.2) is 0 Å². The molecule has 2 aliphatic carbocycles. The van der Waals surface area contributed by atoms with Gasteiger partial charge < -0.3 is 10.2 Å². The third kappa shape index (κ3) is 57.1. The number of rotatable bonds is 75. The van der Waals surface area contributed by atoms with E-state index in [4.69, 9.17) is 0 Å². The van der Waals surface area contributed by atoms with E-state index >= 15 is 0 Å². The maximum absolute atomic E-state index is 12.0. The molecule has 0 aromatic heterocycles. The van der Waals surface area contributed by atoms with Gasteiger partial charge in [0.2, 0.25) is 0 Å². The third-order valence-corrected chi connectivity index (χ3v) is 21.7. The number of hydrogen-bond donors (Lipinski definition) is 2. The molecule has 2 rings (SSSR count). The minimum Gasteiger partial charge on any atom is -0.481 e. The predicted octanol–water partition coefficient (Wildman–Crippen LogP) is 29.1. The molecule has 0 amide bonds. The molecule has 85 heavy (non-hydrogen) atoms. The zero-order valence-electron chi connectivity index (χ0n) is 58.9. The van der Waals surface area contributed by atoms with Gasteiger partial charge in [0.15, 0.2) is 0 Å². The highest BCUT2D eigenvalue weighted by Gasteiger charge is 2.36. The molecule has 0 aromatic carbocycles. The third-order valence-electron chi connectivity index (χ3n) is 21.7. The Balaban J connectivity index is 1.18. The maximum Gasteiger partial charge on any atom is 0.309 e. The van der Waals surface area contributed by atoms with Crippen LogP contribution >= 0.6 is 0 Å². The summed E-state index contributed by atoms with van der Waals surface area (Å²) >= 11 is 0. The van der Waals surface area contributed by atoms with Crippen molar-refractivity contribution in [3.05, 3.63) is 0 Å². The summed E-state index contributed by atoms with van der Waals surface area (Å²) in [5.41, 5.74) is 0. The molecule has 2 N–H and O–H groups in total. The second kappa shape index (κ2) is 64.9. The molecule has 2 saturated carbocycles. The number of carboxylic acids is 1. The number of carboxylic acid groups (broad SMARTS) is 1. The fourth-order valence-electron chi connectivity index (χ4n) is 15.3. The molecule has 0 aliphatic heterocycles. The summed E-state index contributed by atoms with van der Waals surface area (Å²) < 4.78 is 0. The topological polar surface area (TPSA) is 57.5 Å². The highest BCUT2D eigenvalue weighted by Crippen LogP contribution is 2.47. The van der Waals surface area contributed by atoms with Gasteiger partial charge in [-0.2, -0.15) is 0 Å². The second-order valence-electron chi connectivity index (χ2n) is 30.0. The minimum absolute atomic E-state index is 0.581. The van der Waals surface area contributed by atoms with E-state index in [1.165, 1.54) is 405 Å². The standard InChI is InChI=1S/C82H160O3/c1-3-5-7-9-11-13-15-17-19-21-23-24-25-26-30-34-38-42-46-54-60-66-72-80(82(84)85)81(83)73-67-61-55-47-43-39-35-31-27-29-33-37-41-45-51-57-63-69-77-75-79(77)71-65-59-53-49-48-52-58-64-70-78-74-76(78)68-62-56-50-44-40-36-32-28-22-20-18-16-14-12-10-8-6-4-2/h76-81,83H,3-75H2,1-2H3,(H,84,85). The Morgan fingerprint density at radius 2 is 0.400 bits per heavy atom. The number of aliphatic hydroxyl groups excluding tert-OH is 1. The molecule has 506 valence electrons. The highest BCUT2D eigenvalue weighted by molar-refractivity contribution is 5.70. The monoisotopic (exact) mass is 1190 g/mol. The van der Waals surface area contributed by atoms with Gasteiger partial charge in [-0.3, -0.25) is 4.79 Å². The van der Waals surface area contributed by atoms with Gasteiger partial charge in [0.1, 0.15) is 0 Å². The van der Waals surface area contributed by atoms with Crippen molar-refractivity contribution in [2.75, 3.05) is 0 Å². The Bertz CT molecular complexity index is 1300. The lowest BCUT2D eigenvalue weighted by Crippen LogP contribution is -2.28. The van der Waals surface area contributed by atoms with Crippen molar-refractivity contribution in [3.63, 3.8) is 0 Å². The molecule has 3 nitrogen and oxygen atoms in total. The van der Waals surface area contributed by atoms with Crippen molar-refractivity contribution < 1.29 is 15.0 Å². The summed E-state index contributed by atoms with van der Waals surface area (Å²) in [4.78, 5) is 12.0. The average molecular weight is 1190 g/mol. The molecular weight excluding hydrogens is 1030 g/mol. The zero-order valence-corrected chi connectivity index (χ0v) is 58.9. The molecule has 0 bridgehead atoms. The van der Waals surface area contributed by atoms with Crippen LogP contribution in [0.2, 0.25) is 0 Å². The number of aliphatic carboxylic acids is 1. The van der Waals surface area contributed by atoms with Crippen LogP contribution in [0.4, 0.5) is 0 Å². The molecule has 2 fully saturated rings. The fraction of sp³-hybridized carbons (Fsp3) is 0.988. The summed E-state index contributed by atoms with van der Waals surface area (Å²) in [6.45, 7) is 4.61. The predicted molar refractivity (Wildman–Crippen MR) is 379 cm³/mol. The van der Waals surface area contributed by atoms with Crippen LogP contribution in [-0.2, 0) is 4.79 Å². The minimum atomic E-state index is -0.796. The SMILES string of the molecule is CCCCCCCCCCCCCCCCCCCCCCCCC(C(=O)O)C(O)CCCCCCCCCCCCCCCCCCCC1CC1CCCCCCCCCCC1CC1CCCCCCCCCCCCCCCCCCCC. The lowest BCUT2D eigenvalue weighted by molar-refractivity contribution is -0.146. The van der Waals surface area contributed by atoms with Crippen molar-refractivity contribution in [1.29, 1.82) is 0 Å². The van der Waals surface area contributed by atoms with Crippen LogP contribution in [0.25, 0.3) is 0 Å². The van der Waals surface area contributed by atoms with Crippen molar-refractivity contribution >= 4 is 5.97 Å². The Hall–Kier alpha value is -0.570. The molecule has 0 heterocycles. The zero-order chi connectivity index (χ0) is 60.7. The number of hydrogen-bond acceptors (Lipinski definition) is 2. The first-order chi connectivity index (χ1) is 42.1. The van der Waals surface area contributed by atoms with Gasteiger partial charge in [0.05, 0.1) is 12.0 Å². The maximum atomic E-state index is 12.0. The molecule has 3 heteroatoms. The van der Waals surface area contributed by atoms with E-state index in [-0.39, 0.29) is 0 Å². The Morgan fingerprint density at radius 3 is 0.576 bits per heavy atom. The van der Waals surface area contributed by atoms with Crippen LogP contribution in [0.3, 0.4) is 0 Å². The van der Waals surface area contributed by atoms with Crippen LogP contribution in [0.5, 0.6) is 0 Å². The Labute approximate surface area is 536 Å². The van der Waals surface area contributed by atoms with E-state index < -0.39 is 18.0 Å². The molecule has 0 spiro atoms. The van der Waals surface area contributed by atoms with Gasteiger partial charge in [-0.1, -0.05) is 457 Å². The van der Waals surface area contributed by atoms with Crippen molar-refractivity contribution in [2.45, 2.75) is 489 Å². The van der Waals surface area contributed by atoms with Crippen molar-refractivity contribution in [1.82, 2.24) is 0 Å². The van der Waals surface area contributed by atoms with Gasteiger partial charge in [0, 0.05) is 0 Å². The Kier molecular flexibility index (Phi) is 61.5. The summed E-state index contributed by atoms with van der Waals surface area (Å²) in [6, 6.07) is 0. The van der Waals surface area contributed by atoms with Crippen LogP contribution in [0.1, 0.15) is 483 Å². The summed E-state index contributed by atoms with van der Waals surface area (Å²) in [7, 11) is 0. The lowest BCUT2D eigenvalue weighted by atomic mass is 9.91. The summed E-state index contributed by atoms with van der Waals surface area (Å²) in [5, 5.41) is 20.6. The normalized spacial score (nSPS) is 17.3. The highest BCUT2D eigenvalue weighted by atomic mass is 16.4. The average Bonchev–Trinajstić information content (AvgIpc) is 4.63. The smallest absolute Gasteiger partial charge is 0.309 e. The van der Waals surface area contributed by atoms with Gasteiger partial charge >= 0.3 is 5.97 Å². The van der Waals surface area contributed by atoms with Crippen molar-refractivity contribution in [3.8, 4) is 0 Å². The number of aliphatic hydroxyl groups is 1. The van der Waals surface area contributed by atoms with E-state index in [2.05, 4.69) is 13.8 Å². The molecule has 6 unspecified atom stereocenters. The van der Waals surface area contributed by atoms with E-state index in [0.29, 0.717) is 12.8 Å². The quantitative estimate of drug-likeness (QED) is 0.0597. The van der Waals surface area contributed by atoms with E-state index in [1.807, 2.05) is 0 Å². The first kappa shape index (κ1) is 80.5. The number of carbonyl (C=O) groups is 1. The van der Waals surface area contributed by atoms with Crippen LogP contribution in [0, 0.1) is 29.6 Å². The van der Waals surface area contributed by atoms with E-state index in [1.54, 1.807) is 25.7 Å². The Morgan fingerprint density at radius 1 is 0.247 bits per heavy atom. The van der Waals surface area contributed by atoms with Crippen molar-refractivity contribution in [2.24, 2.45) is 29.6 Å². The van der Waals surface area contributed by atoms with Gasteiger partial charge in [0.25, 0.3) is 0 Å². The summed E-state index contributed by atoms with van der Waals surface area (Å²) in [6.07, 6.45) is 102. The van der Waals surface area contributed by atoms with Gasteiger partial charge in [-0.15, -0.1) is 0 Å². The van der Waals surface area contributed by atoms with E-state index in [0.717, 1.165) is 49.4 Å². The van der Waals surface area contributed by atoms with E-state index in [9.17, 15) is 15.0 Å². The molecule has 0 radical (unpaired) electrons. The summed E-state index contributed by atoms with van der Waals surface area (Å²) in [5.74, 6) is 3.06. The largest absolute Gasteiger partial charge is 0.481 e. The molecule has 2 aliphatic rings. The van der Waals surface area contributed by atoms with Crippen LogP contribution in [-0.4, -0.2) is 22.3 Å². The fourth-order valence-corrected chi connectivity index (χ4v) is 15.3. The molecule has 6 atom stereocenters. The number of unbranched alkanes of at least 4 members (excludes halogenated alkanes) is 61. The van der Waals surface area contributed by atoms with Gasteiger partial charge in [-0.05, 0) is 49.4 Å². The van der Waals surface area contributed by atoms with Crippen LogP contribution < -0.4 is 0 Å². The first-order valence-electron chi connectivity index (χ1n) is 41.0. The lowest BCUT2D eigenvalue weighted by Gasteiger charge is -2.19. The van der Waals surface area contributed by atoms with Crippen LogP contribution in [0.15, 0.2) is 0 Å². The molecule has 0 aromatic rings. The first-order valence-corrected chi connectivity index (χ1v) is 41.0. The molecular formula is C82H160O3.